The van der Waals surface area contributed by atoms with Crippen molar-refractivity contribution < 1.29 is 19.2 Å². The topological polar surface area (TPSA) is 85.2 Å². The van der Waals surface area contributed by atoms with E-state index in [2.05, 4.69) is 4.90 Å². The van der Waals surface area contributed by atoms with E-state index in [1.54, 1.807) is 4.90 Å². The lowest BCUT2D eigenvalue weighted by Gasteiger charge is -2.36. The molecule has 8 nitrogen and oxygen atoms in total. The van der Waals surface area contributed by atoms with Crippen LogP contribution in [0, 0.1) is 10.1 Å². The minimum Gasteiger partial charge on any atom is -0.454 e. The van der Waals surface area contributed by atoms with Crippen LogP contribution in [0.25, 0.3) is 0 Å². The SMILES string of the molecule is O=C(c1ccc(Cl)c([N+](=O)[O-])c1)N1CCN(c2ccc3c(c2)OCO3)CC1. The number of piperazine rings is 1. The number of ether oxygens (including phenoxy) is 2. The molecule has 0 radical (unpaired) electrons. The normalized spacial score (nSPS) is 15.7. The number of rotatable bonds is 3. The summed E-state index contributed by atoms with van der Waals surface area (Å²) in [5.41, 5.74) is 1.01. The first-order chi connectivity index (χ1) is 13.0. The van der Waals surface area contributed by atoms with Gasteiger partial charge in [0.05, 0.1) is 4.92 Å². The lowest BCUT2D eigenvalue weighted by molar-refractivity contribution is -0.384. The highest BCUT2D eigenvalue weighted by atomic mass is 35.5. The molecular formula is C18H16ClN3O5. The monoisotopic (exact) mass is 389 g/mol. The average Bonchev–Trinajstić information content (AvgIpc) is 3.15. The zero-order chi connectivity index (χ0) is 19.0. The second kappa shape index (κ2) is 6.96. The fourth-order valence-electron chi connectivity index (χ4n) is 3.22. The first-order valence-electron chi connectivity index (χ1n) is 8.41. The summed E-state index contributed by atoms with van der Waals surface area (Å²) in [6.45, 7) is 2.57. The molecule has 0 bridgehead atoms. The standard InChI is InChI=1S/C18H16ClN3O5/c19-14-3-1-12(9-15(14)22(24)25)18(23)21-7-5-20(6-8-21)13-2-4-16-17(10-13)27-11-26-16/h1-4,9-10H,5-8,11H2. The van der Waals surface area contributed by atoms with Crippen molar-refractivity contribution in [2.45, 2.75) is 0 Å². The number of carbonyl (C=O) groups is 1. The molecule has 0 saturated carbocycles. The van der Waals surface area contributed by atoms with Crippen molar-refractivity contribution in [2.24, 2.45) is 0 Å². The maximum atomic E-state index is 12.7. The Morgan fingerprint density at radius 1 is 1.04 bits per heavy atom. The zero-order valence-corrected chi connectivity index (χ0v) is 15.0. The number of fused-ring (bicyclic) bond motifs is 1. The molecule has 4 rings (SSSR count). The number of carbonyl (C=O) groups excluding carboxylic acids is 1. The second-order valence-corrected chi connectivity index (χ2v) is 6.65. The predicted molar refractivity (Wildman–Crippen MR) is 98.8 cm³/mol. The summed E-state index contributed by atoms with van der Waals surface area (Å²) in [4.78, 5) is 27.0. The summed E-state index contributed by atoms with van der Waals surface area (Å²) >= 11 is 5.82. The van der Waals surface area contributed by atoms with E-state index in [4.69, 9.17) is 21.1 Å². The molecule has 2 aliphatic heterocycles. The van der Waals surface area contributed by atoms with Gasteiger partial charge in [-0.15, -0.1) is 0 Å². The number of nitro groups is 1. The van der Waals surface area contributed by atoms with Gasteiger partial charge >= 0.3 is 0 Å². The number of nitrogens with zero attached hydrogens (tertiary/aromatic N) is 3. The lowest BCUT2D eigenvalue weighted by Crippen LogP contribution is -2.48. The molecular weight excluding hydrogens is 374 g/mol. The molecule has 2 aromatic carbocycles. The Bertz CT molecular complexity index is 912. The molecule has 0 atom stereocenters. The van der Waals surface area contributed by atoms with E-state index < -0.39 is 4.92 Å². The number of amides is 1. The van der Waals surface area contributed by atoms with E-state index >= 15 is 0 Å². The Labute approximate surface area is 160 Å². The molecule has 27 heavy (non-hydrogen) atoms. The van der Waals surface area contributed by atoms with Gasteiger partial charge in [0, 0.05) is 49.6 Å². The highest BCUT2D eigenvalue weighted by Gasteiger charge is 2.25. The van der Waals surface area contributed by atoms with Crippen LogP contribution in [0.4, 0.5) is 11.4 Å². The van der Waals surface area contributed by atoms with Gasteiger partial charge in [-0.3, -0.25) is 14.9 Å². The van der Waals surface area contributed by atoms with Crippen molar-refractivity contribution in [1.82, 2.24) is 4.90 Å². The van der Waals surface area contributed by atoms with Crippen LogP contribution in [0.2, 0.25) is 5.02 Å². The van der Waals surface area contributed by atoms with E-state index in [0.717, 1.165) is 17.2 Å². The number of nitro benzene ring substituents is 1. The van der Waals surface area contributed by atoms with E-state index in [-0.39, 0.29) is 29.0 Å². The van der Waals surface area contributed by atoms with Gasteiger partial charge in [-0.1, -0.05) is 11.6 Å². The summed E-state index contributed by atoms with van der Waals surface area (Å²) in [5.74, 6) is 1.22. The predicted octanol–water partition coefficient (Wildman–Crippen LogP) is 2.94. The summed E-state index contributed by atoms with van der Waals surface area (Å²) in [5, 5.41) is 11.0. The molecule has 9 heteroatoms. The van der Waals surface area contributed by atoms with Gasteiger partial charge in [0.1, 0.15) is 5.02 Å². The largest absolute Gasteiger partial charge is 0.454 e. The van der Waals surface area contributed by atoms with Crippen LogP contribution >= 0.6 is 11.6 Å². The van der Waals surface area contributed by atoms with Crippen molar-refractivity contribution in [3.63, 3.8) is 0 Å². The van der Waals surface area contributed by atoms with Crippen LogP contribution in [0.3, 0.4) is 0 Å². The zero-order valence-electron chi connectivity index (χ0n) is 14.3. The third-order valence-corrected chi connectivity index (χ3v) is 5.00. The summed E-state index contributed by atoms with van der Waals surface area (Å²) in [7, 11) is 0. The molecule has 2 aliphatic rings. The van der Waals surface area contributed by atoms with Gasteiger partial charge in [-0.05, 0) is 24.3 Å². The average molecular weight is 390 g/mol. The van der Waals surface area contributed by atoms with Crippen LogP contribution in [-0.4, -0.2) is 48.7 Å². The number of benzene rings is 2. The Hall–Kier alpha value is -3.00. The molecule has 0 aromatic heterocycles. The number of halogens is 1. The quantitative estimate of drug-likeness (QED) is 0.592. The number of anilines is 1. The van der Waals surface area contributed by atoms with E-state index in [9.17, 15) is 14.9 Å². The fraction of sp³-hybridized carbons (Fsp3) is 0.278. The van der Waals surface area contributed by atoms with E-state index in [0.29, 0.717) is 26.2 Å². The van der Waals surface area contributed by atoms with Crippen molar-refractivity contribution in [2.75, 3.05) is 37.9 Å². The minimum absolute atomic E-state index is 0.0178. The van der Waals surface area contributed by atoms with Gasteiger partial charge in [-0.25, -0.2) is 0 Å². The third kappa shape index (κ3) is 3.35. The Balaban J connectivity index is 1.44. The van der Waals surface area contributed by atoms with E-state index in [1.165, 1.54) is 18.2 Å². The van der Waals surface area contributed by atoms with Crippen molar-refractivity contribution >= 4 is 28.9 Å². The highest BCUT2D eigenvalue weighted by molar-refractivity contribution is 6.32. The Morgan fingerprint density at radius 3 is 2.52 bits per heavy atom. The lowest BCUT2D eigenvalue weighted by atomic mass is 10.1. The Morgan fingerprint density at radius 2 is 1.78 bits per heavy atom. The van der Waals surface area contributed by atoms with Gasteiger partial charge in [0.25, 0.3) is 11.6 Å². The molecule has 140 valence electrons. The van der Waals surface area contributed by atoms with Crippen LogP contribution in [0.15, 0.2) is 36.4 Å². The summed E-state index contributed by atoms with van der Waals surface area (Å²) < 4.78 is 10.7. The molecule has 0 unspecified atom stereocenters. The Kier molecular flexibility index (Phi) is 4.49. The molecule has 0 N–H and O–H groups in total. The van der Waals surface area contributed by atoms with Gasteiger partial charge in [-0.2, -0.15) is 0 Å². The van der Waals surface area contributed by atoms with Crippen LogP contribution in [0.5, 0.6) is 11.5 Å². The summed E-state index contributed by atoms with van der Waals surface area (Å²) in [6.07, 6.45) is 0. The van der Waals surface area contributed by atoms with Crippen LogP contribution in [0.1, 0.15) is 10.4 Å². The van der Waals surface area contributed by atoms with Gasteiger partial charge in [0.15, 0.2) is 11.5 Å². The first kappa shape index (κ1) is 17.4. The van der Waals surface area contributed by atoms with E-state index in [1.807, 2.05) is 18.2 Å². The van der Waals surface area contributed by atoms with Gasteiger partial charge < -0.3 is 19.3 Å². The van der Waals surface area contributed by atoms with Crippen molar-refractivity contribution in [3.8, 4) is 11.5 Å². The second-order valence-electron chi connectivity index (χ2n) is 6.24. The van der Waals surface area contributed by atoms with Crippen LogP contribution < -0.4 is 14.4 Å². The molecule has 2 heterocycles. The molecule has 0 spiro atoms. The maximum absolute atomic E-state index is 12.7. The summed E-state index contributed by atoms with van der Waals surface area (Å²) in [6, 6.07) is 9.91. The third-order valence-electron chi connectivity index (χ3n) is 4.68. The molecule has 0 aliphatic carbocycles. The smallest absolute Gasteiger partial charge is 0.288 e. The molecule has 1 fully saturated rings. The van der Waals surface area contributed by atoms with Crippen LogP contribution in [-0.2, 0) is 0 Å². The first-order valence-corrected chi connectivity index (χ1v) is 8.78. The van der Waals surface area contributed by atoms with Crippen molar-refractivity contribution in [1.29, 1.82) is 0 Å². The fourth-order valence-corrected chi connectivity index (χ4v) is 3.40. The molecule has 2 aromatic rings. The molecule has 1 amide bonds. The number of hydrogen-bond donors (Lipinski definition) is 0. The van der Waals surface area contributed by atoms with Crippen molar-refractivity contribution in [3.05, 3.63) is 57.1 Å². The minimum atomic E-state index is -0.587. The van der Waals surface area contributed by atoms with Gasteiger partial charge in [0.2, 0.25) is 6.79 Å². The number of hydrogen-bond acceptors (Lipinski definition) is 6. The highest BCUT2D eigenvalue weighted by Crippen LogP contribution is 2.35. The maximum Gasteiger partial charge on any atom is 0.288 e. The molecule has 1 saturated heterocycles.